The number of carbonyl (C=O) groups excluding carboxylic acids is 2. The minimum absolute atomic E-state index is 0.186. The summed E-state index contributed by atoms with van der Waals surface area (Å²) >= 11 is 3.60. The molecule has 0 spiro atoms. The number of aryl methyl sites for hydroxylation is 1. The van der Waals surface area contributed by atoms with Crippen molar-refractivity contribution in [1.29, 1.82) is 0 Å². The zero-order chi connectivity index (χ0) is 43.6. The second kappa shape index (κ2) is 18.4. The molecule has 1 unspecified atom stereocenters. The molecule has 5 heterocycles. The van der Waals surface area contributed by atoms with Gasteiger partial charge in [0, 0.05) is 88.6 Å². The van der Waals surface area contributed by atoms with Gasteiger partial charge in [-0.25, -0.2) is 4.98 Å². The number of ether oxygens (including phenoxy) is 1. The Morgan fingerprint density at radius 1 is 0.935 bits per heavy atom. The topological polar surface area (TPSA) is 158 Å². The maximum Gasteiger partial charge on any atom is 0.236 e. The molecule has 3 N–H and O–H groups in total. The Bertz CT molecular complexity index is 2500. The van der Waals surface area contributed by atoms with Gasteiger partial charge in [-0.1, -0.05) is 31.2 Å². The third kappa shape index (κ3) is 9.36. The number of rotatable bonds is 13. The van der Waals surface area contributed by atoms with Gasteiger partial charge in [-0.15, -0.1) is 0 Å². The number of benzene rings is 3. The van der Waals surface area contributed by atoms with E-state index in [2.05, 4.69) is 105 Å². The second-order valence-electron chi connectivity index (χ2n) is 17.2. The van der Waals surface area contributed by atoms with Gasteiger partial charge in [0.2, 0.25) is 17.8 Å². The first-order valence-electron chi connectivity index (χ1n) is 21.5. The SMILES string of the molecule is CCc1cc(Nc2ncc(Br)c(Nc3ccc4nccnc4c3P(C)(C)=O)n2)c(OC)cc1N1CCC(N2CCN(CCc3ccc(C4(C)CCC(=O)NC4=O)cc3)CC2)CC1. The zero-order valence-electron chi connectivity index (χ0n) is 36.2. The van der Waals surface area contributed by atoms with Gasteiger partial charge in [-0.05, 0) is 103 Å². The Balaban J connectivity index is 0.862. The maximum atomic E-state index is 13.5. The van der Waals surface area contributed by atoms with E-state index in [4.69, 9.17) is 9.72 Å². The molecular weight excluding hydrogens is 867 g/mol. The molecular formula is C46H56BrN10O4P. The van der Waals surface area contributed by atoms with Gasteiger partial charge in [0.05, 0.1) is 39.2 Å². The Morgan fingerprint density at radius 2 is 1.68 bits per heavy atom. The first kappa shape index (κ1) is 43.7. The van der Waals surface area contributed by atoms with Gasteiger partial charge in [0.25, 0.3) is 0 Å². The molecule has 5 aromatic rings. The van der Waals surface area contributed by atoms with E-state index in [0.29, 0.717) is 62.9 Å². The lowest BCUT2D eigenvalue weighted by Gasteiger charge is -2.43. The van der Waals surface area contributed by atoms with E-state index in [1.165, 1.54) is 16.8 Å². The first-order valence-corrected chi connectivity index (χ1v) is 24.9. The normalized spacial score (nSPS) is 19.4. The van der Waals surface area contributed by atoms with Crippen LogP contribution in [0.2, 0.25) is 0 Å². The average Bonchev–Trinajstić information content (AvgIpc) is 3.28. The fraction of sp³-hybridized carbons (Fsp3) is 0.435. The van der Waals surface area contributed by atoms with E-state index < -0.39 is 12.6 Å². The molecule has 2 aromatic heterocycles. The summed E-state index contributed by atoms with van der Waals surface area (Å²) in [6.45, 7) is 14.8. The van der Waals surface area contributed by atoms with Crippen molar-refractivity contribution in [3.05, 3.63) is 88.3 Å². The van der Waals surface area contributed by atoms with Crippen molar-refractivity contribution in [2.45, 2.75) is 63.8 Å². The lowest BCUT2D eigenvalue weighted by Crippen LogP contribution is -2.53. The van der Waals surface area contributed by atoms with Crippen LogP contribution in [0.25, 0.3) is 11.0 Å². The largest absolute Gasteiger partial charge is 0.494 e. The highest BCUT2D eigenvalue weighted by Crippen LogP contribution is 2.42. The van der Waals surface area contributed by atoms with Crippen LogP contribution in [-0.2, 0) is 32.4 Å². The van der Waals surface area contributed by atoms with E-state index in [-0.39, 0.29) is 11.8 Å². The van der Waals surface area contributed by atoms with Crippen LogP contribution in [0.3, 0.4) is 0 Å². The molecule has 3 aromatic carbocycles. The van der Waals surface area contributed by atoms with E-state index in [9.17, 15) is 14.2 Å². The predicted octanol–water partition coefficient (Wildman–Crippen LogP) is 7.01. The number of piperazine rings is 1. The number of nitrogens with one attached hydrogen (secondary N) is 3. The smallest absolute Gasteiger partial charge is 0.236 e. The number of methoxy groups -OCH3 is 1. The van der Waals surface area contributed by atoms with E-state index in [1.54, 1.807) is 39.0 Å². The highest BCUT2D eigenvalue weighted by molar-refractivity contribution is 9.10. The van der Waals surface area contributed by atoms with Crippen molar-refractivity contribution in [3.63, 3.8) is 0 Å². The van der Waals surface area contributed by atoms with Crippen LogP contribution in [0.4, 0.5) is 28.8 Å². The van der Waals surface area contributed by atoms with Crippen molar-refractivity contribution in [2.75, 3.05) is 81.8 Å². The molecule has 326 valence electrons. The molecule has 0 saturated carbocycles. The van der Waals surface area contributed by atoms with Crippen LogP contribution >= 0.6 is 23.1 Å². The Kier molecular flexibility index (Phi) is 13.0. The molecule has 3 aliphatic rings. The van der Waals surface area contributed by atoms with Crippen molar-refractivity contribution in [2.24, 2.45) is 0 Å². The van der Waals surface area contributed by atoms with Crippen LogP contribution in [0.15, 0.2) is 71.6 Å². The number of imide groups is 1. The number of aromatic nitrogens is 4. The third-order valence-electron chi connectivity index (χ3n) is 12.8. The monoisotopic (exact) mass is 922 g/mol. The fourth-order valence-electron chi connectivity index (χ4n) is 9.12. The molecule has 3 saturated heterocycles. The summed E-state index contributed by atoms with van der Waals surface area (Å²) in [6, 6.07) is 17.0. The lowest BCUT2D eigenvalue weighted by atomic mass is 9.75. The number of anilines is 5. The molecule has 2 amide bonds. The molecule has 3 fully saturated rings. The first-order chi connectivity index (χ1) is 29.8. The summed E-state index contributed by atoms with van der Waals surface area (Å²) in [5, 5.41) is 9.92. The second-order valence-corrected chi connectivity index (χ2v) is 21.2. The standard InChI is InChI=1S/C46H56BrN10O4P/c1-6-31-27-37(52-45-50-29-34(47)43(54-45)51-36-12-11-35-41(49-19-18-48-35)42(36)62(4,5)60)39(61-3)28-38(31)57-21-15-33(16-22-57)56-25-23-55(24-26-56)20-14-30-7-9-32(10-8-30)46(2)17-13-40(58)53-44(46)59/h7-12,18-19,27-29,33H,6,13-17,20-26H2,1-5H3,(H,53,58,59)(H2,50,51,52,54). The number of fused-ring (bicyclic) bond motifs is 1. The molecule has 0 aliphatic carbocycles. The van der Waals surface area contributed by atoms with Crippen molar-refractivity contribution in [1.82, 2.24) is 35.1 Å². The summed E-state index contributed by atoms with van der Waals surface area (Å²) in [6.07, 6.45) is 9.91. The number of piperidine rings is 2. The Hall–Kier alpha value is -4.95. The van der Waals surface area contributed by atoms with Gasteiger partial charge in [-0.3, -0.25) is 29.8 Å². The number of hydrogen-bond acceptors (Lipinski definition) is 13. The number of amides is 2. The fourth-order valence-corrected chi connectivity index (χ4v) is 10.8. The van der Waals surface area contributed by atoms with Crippen LogP contribution < -0.4 is 30.9 Å². The highest BCUT2D eigenvalue weighted by Gasteiger charge is 2.40. The average molecular weight is 924 g/mol. The van der Waals surface area contributed by atoms with E-state index >= 15 is 0 Å². The number of hydrogen-bond donors (Lipinski definition) is 3. The van der Waals surface area contributed by atoms with Gasteiger partial charge >= 0.3 is 0 Å². The van der Waals surface area contributed by atoms with Gasteiger partial charge in [0.15, 0.2) is 0 Å². The molecule has 1 atom stereocenters. The molecule has 16 heteroatoms. The van der Waals surface area contributed by atoms with Crippen LogP contribution in [0.5, 0.6) is 5.75 Å². The van der Waals surface area contributed by atoms with Crippen molar-refractivity contribution >= 4 is 80.1 Å². The van der Waals surface area contributed by atoms with E-state index in [0.717, 1.165) is 82.7 Å². The molecule has 0 bridgehead atoms. The number of carbonyl (C=O) groups is 2. The van der Waals surface area contributed by atoms with E-state index in [1.807, 2.05) is 19.1 Å². The highest BCUT2D eigenvalue weighted by atomic mass is 79.9. The molecule has 14 nitrogen and oxygen atoms in total. The number of halogens is 1. The van der Waals surface area contributed by atoms with Gasteiger partial charge < -0.3 is 29.7 Å². The molecule has 0 radical (unpaired) electrons. The van der Waals surface area contributed by atoms with Crippen molar-refractivity contribution in [3.8, 4) is 5.75 Å². The van der Waals surface area contributed by atoms with Crippen LogP contribution in [0.1, 0.15) is 56.2 Å². The van der Waals surface area contributed by atoms with Crippen LogP contribution in [-0.4, -0.2) is 114 Å². The van der Waals surface area contributed by atoms with Crippen LogP contribution in [0, 0.1) is 0 Å². The van der Waals surface area contributed by atoms with Gasteiger partial charge in [0.1, 0.15) is 24.2 Å². The Labute approximate surface area is 372 Å². The van der Waals surface area contributed by atoms with Crippen molar-refractivity contribution < 1.29 is 18.9 Å². The minimum Gasteiger partial charge on any atom is -0.494 e. The molecule has 3 aliphatic heterocycles. The maximum absolute atomic E-state index is 13.5. The summed E-state index contributed by atoms with van der Waals surface area (Å²) in [5.74, 6) is 1.23. The predicted molar refractivity (Wildman–Crippen MR) is 250 cm³/mol. The third-order valence-corrected chi connectivity index (χ3v) is 14.9. The quantitative estimate of drug-likeness (QED) is 0.0820. The summed E-state index contributed by atoms with van der Waals surface area (Å²) in [7, 11) is -1.08. The lowest BCUT2D eigenvalue weighted by molar-refractivity contribution is -0.137. The number of nitrogens with zero attached hydrogens (tertiary/aromatic N) is 7. The van der Waals surface area contributed by atoms with Gasteiger partial charge in [-0.2, -0.15) is 4.98 Å². The molecule has 8 rings (SSSR count). The molecule has 62 heavy (non-hydrogen) atoms. The summed E-state index contributed by atoms with van der Waals surface area (Å²) in [4.78, 5) is 50.4. The summed E-state index contributed by atoms with van der Waals surface area (Å²) < 4.78 is 20.1. The summed E-state index contributed by atoms with van der Waals surface area (Å²) in [5.41, 5.74) is 6.72. The Morgan fingerprint density at radius 3 is 2.37 bits per heavy atom. The minimum atomic E-state index is -2.77. The zero-order valence-corrected chi connectivity index (χ0v) is 38.7.